The quantitative estimate of drug-likeness (QED) is 0.648. The fraction of sp³-hybridized carbons (Fsp3) is 0.238. The molecule has 2 aliphatic rings. The van der Waals surface area contributed by atoms with Crippen molar-refractivity contribution in [2.45, 2.75) is 12.1 Å². The van der Waals surface area contributed by atoms with Crippen molar-refractivity contribution < 1.29 is 14.6 Å². The van der Waals surface area contributed by atoms with E-state index in [0.29, 0.717) is 41.3 Å². The van der Waals surface area contributed by atoms with E-state index in [9.17, 15) is 9.90 Å². The van der Waals surface area contributed by atoms with Crippen molar-refractivity contribution in [3.63, 3.8) is 0 Å². The van der Waals surface area contributed by atoms with Gasteiger partial charge in [-0.1, -0.05) is 23.7 Å². The zero-order valence-corrected chi connectivity index (χ0v) is 17.3. The van der Waals surface area contributed by atoms with Crippen molar-refractivity contribution in [3.05, 3.63) is 53.8 Å². The van der Waals surface area contributed by atoms with Gasteiger partial charge < -0.3 is 14.7 Å². The summed E-state index contributed by atoms with van der Waals surface area (Å²) in [6.07, 6.45) is 0.606. The molecular formula is C21H19ClN6O3. The Kier molecular flexibility index (Phi) is 4.84. The molecule has 0 aliphatic carbocycles. The number of rotatable bonds is 3. The summed E-state index contributed by atoms with van der Waals surface area (Å²) in [6, 6.07) is 11.8. The number of nitrogens with one attached hydrogen (secondary N) is 1. The average Bonchev–Trinajstić information content (AvgIpc) is 3.10. The van der Waals surface area contributed by atoms with E-state index in [-0.39, 0.29) is 0 Å². The summed E-state index contributed by atoms with van der Waals surface area (Å²) < 4.78 is 5.09. The Morgan fingerprint density at radius 1 is 1.23 bits per heavy atom. The first kappa shape index (κ1) is 19.5. The van der Waals surface area contributed by atoms with Crippen LogP contribution in [0.5, 0.6) is 5.88 Å². The Morgan fingerprint density at radius 3 is 2.90 bits per heavy atom. The van der Waals surface area contributed by atoms with Crippen LogP contribution in [-0.4, -0.2) is 58.4 Å². The first-order valence-corrected chi connectivity index (χ1v) is 10.1. The summed E-state index contributed by atoms with van der Waals surface area (Å²) in [5, 5.41) is 14.0. The fourth-order valence-electron chi connectivity index (χ4n) is 3.99. The van der Waals surface area contributed by atoms with E-state index < -0.39 is 18.2 Å². The molecule has 9 nitrogen and oxygen atoms in total. The molecule has 1 fully saturated rings. The second-order valence-electron chi connectivity index (χ2n) is 7.34. The van der Waals surface area contributed by atoms with E-state index in [1.165, 1.54) is 24.4 Å². The van der Waals surface area contributed by atoms with E-state index in [4.69, 9.17) is 21.3 Å². The molecule has 1 saturated heterocycles. The first-order valence-electron chi connectivity index (χ1n) is 9.70. The highest BCUT2D eigenvalue weighted by Gasteiger charge is 2.45. The van der Waals surface area contributed by atoms with Crippen molar-refractivity contribution >= 4 is 35.0 Å². The molecule has 4 heterocycles. The number of fused-ring (bicyclic) bond motifs is 4. The summed E-state index contributed by atoms with van der Waals surface area (Å²) in [6.45, 7) is 0.952. The molecule has 2 amide bonds. The van der Waals surface area contributed by atoms with Gasteiger partial charge in [0.2, 0.25) is 5.88 Å². The molecule has 2 aromatic heterocycles. The van der Waals surface area contributed by atoms with Crippen molar-refractivity contribution in [3.8, 4) is 17.1 Å². The lowest BCUT2D eigenvalue weighted by Gasteiger charge is -2.36. The third-order valence-electron chi connectivity index (χ3n) is 5.44. The van der Waals surface area contributed by atoms with Crippen LogP contribution in [0.4, 0.5) is 22.1 Å². The third kappa shape index (κ3) is 3.51. The van der Waals surface area contributed by atoms with Gasteiger partial charge in [0.25, 0.3) is 0 Å². The van der Waals surface area contributed by atoms with Gasteiger partial charge in [0.15, 0.2) is 5.82 Å². The lowest BCUT2D eigenvalue weighted by atomic mass is 10.1. The number of urea groups is 1. The number of pyridine rings is 1. The van der Waals surface area contributed by atoms with Crippen LogP contribution in [-0.2, 0) is 0 Å². The second kappa shape index (κ2) is 7.68. The highest BCUT2D eigenvalue weighted by Crippen LogP contribution is 2.40. The average molecular weight is 439 g/mol. The number of amides is 2. The predicted octanol–water partition coefficient (Wildman–Crippen LogP) is 2.80. The first-order chi connectivity index (χ1) is 15.0. The minimum atomic E-state index is -0.700. The molecule has 2 aliphatic heterocycles. The number of hydrogen-bond acceptors (Lipinski definition) is 7. The normalized spacial score (nSPS) is 19.2. The molecule has 1 aromatic carbocycles. The van der Waals surface area contributed by atoms with Crippen LogP contribution in [0, 0.1) is 0 Å². The number of aromatic nitrogens is 3. The molecule has 5 rings (SSSR count). The Morgan fingerprint density at radius 2 is 2.10 bits per heavy atom. The van der Waals surface area contributed by atoms with Gasteiger partial charge in [-0.15, -0.1) is 0 Å². The lowest BCUT2D eigenvalue weighted by Crippen LogP contribution is -2.51. The highest BCUT2D eigenvalue weighted by atomic mass is 35.5. The number of carbonyl (C=O) groups is 1. The fourth-order valence-corrected chi connectivity index (χ4v) is 4.18. The highest BCUT2D eigenvalue weighted by molar-refractivity contribution is 6.30. The Hall–Kier alpha value is -3.43. The van der Waals surface area contributed by atoms with Crippen molar-refractivity contribution in [2.24, 2.45) is 0 Å². The van der Waals surface area contributed by atoms with E-state index in [1.54, 1.807) is 6.07 Å². The van der Waals surface area contributed by atoms with Crippen molar-refractivity contribution in [1.82, 2.24) is 15.0 Å². The van der Waals surface area contributed by atoms with Crippen molar-refractivity contribution in [1.29, 1.82) is 0 Å². The smallest absolute Gasteiger partial charge is 0.329 e. The van der Waals surface area contributed by atoms with Gasteiger partial charge in [0.1, 0.15) is 12.1 Å². The number of halogens is 1. The van der Waals surface area contributed by atoms with Crippen molar-refractivity contribution in [2.75, 3.05) is 35.3 Å². The molecule has 0 unspecified atom stereocenters. The SMILES string of the molecule is COc1cc(NC(=O)N2c3nc(-c4cccc(Cl)c4)ccc3N3C[C@@H](O)[C@H]2C3)ncn1. The Balaban J connectivity index is 1.54. The van der Waals surface area contributed by atoms with Crippen LogP contribution in [0.2, 0.25) is 5.02 Å². The third-order valence-corrected chi connectivity index (χ3v) is 5.67. The van der Waals surface area contributed by atoms with E-state index in [0.717, 1.165) is 11.3 Å². The number of nitrogens with zero attached hydrogens (tertiary/aromatic N) is 5. The molecule has 2 atom stereocenters. The van der Waals surface area contributed by atoms with Gasteiger partial charge in [-0.25, -0.2) is 19.7 Å². The largest absolute Gasteiger partial charge is 0.481 e. The Bertz CT molecular complexity index is 1160. The molecule has 0 radical (unpaired) electrons. The number of benzene rings is 1. The number of methoxy groups -OCH3 is 1. The maximum absolute atomic E-state index is 13.3. The van der Waals surface area contributed by atoms with Gasteiger partial charge in [0.05, 0.1) is 30.6 Å². The van der Waals surface area contributed by atoms with Crippen LogP contribution >= 0.6 is 11.6 Å². The number of ether oxygens (including phenoxy) is 1. The van der Waals surface area contributed by atoms with Gasteiger partial charge in [-0.2, -0.15) is 0 Å². The van der Waals surface area contributed by atoms with Crippen LogP contribution < -0.4 is 19.9 Å². The molecule has 3 aromatic rings. The molecule has 2 bridgehead atoms. The summed E-state index contributed by atoms with van der Waals surface area (Å²) in [7, 11) is 1.49. The summed E-state index contributed by atoms with van der Waals surface area (Å²) in [5.74, 6) is 1.10. The topological polar surface area (TPSA) is 104 Å². The minimum absolute atomic E-state index is 0.291. The number of anilines is 3. The van der Waals surface area contributed by atoms with Gasteiger partial charge >= 0.3 is 6.03 Å². The van der Waals surface area contributed by atoms with E-state index in [1.807, 2.05) is 35.2 Å². The Labute approximate surface area is 183 Å². The molecular weight excluding hydrogens is 420 g/mol. The van der Waals surface area contributed by atoms with Gasteiger partial charge in [-0.3, -0.25) is 10.2 Å². The maximum atomic E-state index is 13.3. The molecule has 158 valence electrons. The monoisotopic (exact) mass is 438 g/mol. The lowest BCUT2D eigenvalue weighted by molar-refractivity contribution is 0.176. The molecule has 10 heteroatoms. The summed E-state index contributed by atoms with van der Waals surface area (Å²) >= 11 is 6.14. The molecule has 2 N–H and O–H groups in total. The number of aliphatic hydroxyl groups is 1. The second-order valence-corrected chi connectivity index (χ2v) is 7.77. The van der Waals surface area contributed by atoms with E-state index in [2.05, 4.69) is 15.3 Å². The van der Waals surface area contributed by atoms with E-state index >= 15 is 0 Å². The maximum Gasteiger partial charge on any atom is 0.329 e. The number of aliphatic hydroxyl groups excluding tert-OH is 1. The van der Waals surface area contributed by atoms with Gasteiger partial charge in [-0.05, 0) is 24.3 Å². The number of carbonyl (C=O) groups excluding carboxylic acids is 1. The number of hydrogen-bond donors (Lipinski definition) is 2. The molecule has 31 heavy (non-hydrogen) atoms. The van der Waals surface area contributed by atoms with Crippen LogP contribution in [0.25, 0.3) is 11.3 Å². The summed E-state index contributed by atoms with van der Waals surface area (Å²) in [5.41, 5.74) is 2.30. The predicted molar refractivity (Wildman–Crippen MR) is 117 cm³/mol. The molecule has 0 saturated carbocycles. The zero-order valence-electron chi connectivity index (χ0n) is 16.6. The van der Waals surface area contributed by atoms with Crippen LogP contribution in [0.1, 0.15) is 0 Å². The van der Waals surface area contributed by atoms with Gasteiger partial charge in [0, 0.05) is 29.7 Å². The van der Waals surface area contributed by atoms with Crippen LogP contribution in [0.15, 0.2) is 48.8 Å². The molecule has 0 spiro atoms. The van der Waals surface area contributed by atoms with Crippen LogP contribution in [0.3, 0.4) is 0 Å². The summed E-state index contributed by atoms with van der Waals surface area (Å²) in [4.78, 5) is 29.6. The zero-order chi connectivity index (χ0) is 21.5. The standard InChI is InChI=1S/C21H19ClN6O3/c1-31-19-8-18(23-11-24-19)26-21(30)28-16-9-27(10-17(16)29)15-6-5-14(25-20(15)28)12-3-2-4-13(22)7-12/h2-8,11,16-17,29H,9-10H2,1H3,(H,23,24,26,30)/t16-,17-/m1/s1. The minimum Gasteiger partial charge on any atom is -0.481 e.